The van der Waals surface area contributed by atoms with Gasteiger partial charge in [0.15, 0.2) is 0 Å². The standard InChI is InChI=1S/C19H28N2O4/c1-23-13-18-12-21(19(22)25-18)16-6-2-14(3-7-16)15-4-8-17(9-5-15)24-11-10-20/h2-3,6-7,15,17-18H,4-5,8-13,20H2,1H3. The molecule has 6 nitrogen and oxygen atoms in total. The van der Waals surface area contributed by atoms with E-state index in [-0.39, 0.29) is 12.2 Å². The normalized spacial score (nSPS) is 26.7. The molecule has 0 aromatic heterocycles. The van der Waals surface area contributed by atoms with Crippen LogP contribution in [0.3, 0.4) is 0 Å². The van der Waals surface area contributed by atoms with Crippen molar-refractivity contribution in [3.63, 3.8) is 0 Å². The topological polar surface area (TPSA) is 74.0 Å². The Balaban J connectivity index is 1.55. The zero-order chi connectivity index (χ0) is 17.6. The summed E-state index contributed by atoms with van der Waals surface area (Å²) < 4.78 is 16.1. The Morgan fingerprint density at radius 1 is 1.20 bits per heavy atom. The van der Waals surface area contributed by atoms with E-state index in [1.54, 1.807) is 12.0 Å². The molecule has 25 heavy (non-hydrogen) atoms. The molecule has 1 amide bonds. The molecule has 6 heteroatoms. The minimum Gasteiger partial charge on any atom is -0.441 e. The van der Waals surface area contributed by atoms with Gasteiger partial charge in [-0.3, -0.25) is 4.90 Å². The van der Waals surface area contributed by atoms with Crippen molar-refractivity contribution in [2.24, 2.45) is 5.73 Å². The monoisotopic (exact) mass is 348 g/mol. The van der Waals surface area contributed by atoms with Crippen LogP contribution < -0.4 is 10.6 Å². The van der Waals surface area contributed by atoms with E-state index in [4.69, 9.17) is 19.9 Å². The van der Waals surface area contributed by atoms with Crippen molar-refractivity contribution in [2.75, 3.05) is 38.3 Å². The average molecular weight is 348 g/mol. The zero-order valence-corrected chi connectivity index (χ0v) is 14.9. The molecule has 2 aliphatic rings. The fourth-order valence-electron chi connectivity index (χ4n) is 3.73. The van der Waals surface area contributed by atoms with Crippen molar-refractivity contribution in [3.05, 3.63) is 29.8 Å². The number of cyclic esters (lactones) is 1. The number of rotatable bonds is 7. The van der Waals surface area contributed by atoms with Crippen molar-refractivity contribution < 1.29 is 19.0 Å². The summed E-state index contributed by atoms with van der Waals surface area (Å²) in [5, 5.41) is 0. The highest BCUT2D eigenvalue weighted by Gasteiger charge is 2.32. The molecule has 138 valence electrons. The van der Waals surface area contributed by atoms with Crippen LogP contribution in [0.5, 0.6) is 0 Å². The van der Waals surface area contributed by atoms with Crippen molar-refractivity contribution in [3.8, 4) is 0 Å². The molecule has 1 saturated heterocycles. The second-order valence-electron chi connectivity index (χ2n) is 6.80. The summed E-state index contributed by atoms with van der Waals surface area (Å²) in [7, 11) is 1.61. The van der Waals surface area contributed by atoms with Gasteiger partial charge in [-0.2, -0.15) is 0 Å². The molecular formula is C19H28N2O4. The van der Waals surface area contributed by atoms with E-state index in [1.165, 1.54) is 5.56 Å². The minimum atomic E-state index is -0.299. The smallest absolute Gasteiger partial charge is 0.414 e. The molecule has 0 bridgehead atoms. The van der Waals surface area contributed by atoms with Gasteiger partial charge in [-0.15, -0.1) is 0 Å². The lowest BCUT2D eigenvalue weighted by molar-refractivity contribution is 0.0294. The van der Waals surface area contributed by atoms with Crippen molar-refractivity contribution in [2.45, 2.75) is 43.8 Å². The van der Waals surface area contributed by atoms with E-state index in [0.717, 1.165) is 31.4 Å². The lowest BCUT2D eigenvalue weighted by Gasteiger charge is -2.29. The number of nitrogens with zero attached hydrogens (tertiary/aromatic N) is 1. The van der Waals surface area contributed by atoms with Crippen molar-refractivity contribution >= 4 is 11.8 Å². The summed E-state index contributed by atoms with van der Waals surface area (Å²) in [6.07, 6.45) is 4.31. The lowest BCUT2D eigenvalue weighted by atomic mass is 9.82. The first-order valence-corrected chi connectivity index (χ1v) is 9.10. The van der Waals surface area contributed by atoms with Gasteiger partial charge in [0.05, 0.1) is 25.9 Å². The number of hydrogen-bond donors (Lipinski definition) is 1. The zero-order valence-electron chi connectivity index (χ0n) is 14.9. The van der Waals surface area contributed by atoms with Gasteiger partial charge in [-0.25, -0.2) is 4.79 Å². The fraction of sp³-hybridized carbons (Fsp3) is 0.632. The maximum Gasteiger partial charge on any atom is 0.414 e. The number of ether oxygens (including phenoxy) is 3. The van der Waals surface area contributed by atoms with E-state index >= 15 is 0 Å². The quantitative estimate of drug-likeness (QED) is 0.820. The number of carbonyl (C=O) groups excluding carboxylic acids is 1. The van der Waals surface area contributed by atoms with Gasteiger partial charge in [-0.1, -0.05) is 12.1 Å². The third-order valence-electron chi connectivity index (χ3n) is 5.05. The van der Waals surface area contributed by atoms with E-state index in [0.29, 0.717) is 38.3 Å². The minimum absolute atomic E-state index is 0.194. The van der Waals surface area contributed by atoms with Crippen LogP contribution in [0.25, 0.3) is 0 Å². The highest BCUT2D eigenvalue weighted by Crippen LogP contribution is 2.35. The van der Waals surface area contributed by atoms with Crippen LogP contribution in [0.15, 0.2) is 24.3 Å². The molecule has 1 unspecified atom stereocenters. The molecule has 1 aromatic carbocycles. The van der Waals surface area contributed by atoms with Gasteiger partial charge in [0, 0.05) is 19.3 Å². The van der Waals surface area contributed by atoms with Crippen LogP contribution in [0.2, 0.25) is 0 Å². The maximum atomic E-state index is 12.0. The third kappa shape index (κ3) is 4.51. The maximum absolute atomic E-state index is 12.0. The summed E-state index contributed by atoms with van der Waals surface area (Å²) in [6, 6.07) is 8.31. The van der Waals surface area contributed by atoms with Crippen molar-refractivity contribution in [1.82, 2.24) is 0 Å². The van der Waals surface area contributed by atoms with Crippen LogP contribution in [0.4, 0.5) is 10.5 Å². The second-order valence-corrected chi connectivity index (χ2v) is 6.80. The Morgan fingerprint density at radius 3 is 2.56 bits per heavy atom. The third-order valence-corrected chi connectivity index (χ3v) is 5.05. The molecule has 1 aromatic rings. The van der Waals surface area contributed by atoms with E-state index in [2.05, 4.69) is 12.1 Å². The van der Waals surface area contributed by atoms with Crippen LogP contribution >= 0.6 is 0 Å². The van der Waals surface area contributed by atoms with Gasteiger partial charge in [-0.05, 0) is 49.3 Å². The summed E-state index contributed by atoms with van der Waals surface area (Å²) >= 11 is 0. The van der Waals surface area contributed by atoms with E-state index in [1.807, 2.05) is 12.1 Å². The second kappa shape index (κ2) is 8.65. The molecule has 3 rings (SSSR count). The van der Waals surface area contributed by atoms with Gasteiger partial charge in [0.1, 0.15) is 6.10 Å². The molecule has 0 radical (unpaired) electrons. The van der Waals surface area contributed by atoms with Crippen LogP contribution in [0, 0.1) is 0 Å². The van der Waals surface area contributed by atoms with Crippen LogP contribution in [0.1, 0.15) is 37.2 Å². The van der Waals surface area contributed by atoms with Crippen LogP contribution in [-0.4, -0.2) is 51.7 Å². The highest BCUT2D eigenvalue weighted by atomic mass is 16.6. The van der Waals surface area contributed by atoms with Gasteiger partial charge in [0.2, 0.25) is 0 Å². The molecule has 1 saturated carbocycles. The number of nitrogens with two attached hydrogens (primary N) is 1. The average Bonchev–Trinajstić information content (AvgIpc) is 3.01. The summed E-state index contributed by atoms with van der Waals surface area (Å²) in [5.41, 5.74) is 7.71. The molecule has 1 aliphatic heterocycles. The molecule has 2 fully saturated rings. The number of hydrogen-bond acceptors (Lipinski definition) is 5. The van der Waals surface area contributed by atoms with E-state index < -0.39 is 0 Å². The summed E-state index contributed by atoms with van der Waals surface area (Å²) in [4.78, 5) is 13.7. The Kier molecular flexibility index (Phi) is 6.29. The number of anilines is 1. The number of benzene rings is 1. The number of amides is 1. The fourth-order valence-corrected chi connectivity index (χ4v) is 3.73. The molecule has 1 atom stereocenters. The first kappa shape index (κ1) is 18.2. The first-order valence-electron chi connectivity index (χ1n) is 9.10. The van der Waals surface area contributed by atoms with Gasteiger partial charge >= 0.3 is 6.09 Å². The predicted octanol–water partition coefficient (Wildman–Crippen LogP) is 2.66. The van der Waals surface area contributed by atoms with Crippen molar-refractivity contribution in [1.29, 1.82) is 0 Å². The summed E-state index contributed by atoms with van der Waals surface area (Å²) in [6.45, 7) is 2.21. The van der Waals surface area contributed by atoms with Gasteiger partial charge in [0.25, 0.3) is 0 Å². The summed E-state index contributed by atoms with van der Waals surface area (Å²) in [5.74, 6) is 0.568. The predicted molar refractivity (Wildman–Crippen MR) is 95.9 cm³/mol. The molecule has 2 N–H and O–H groups in total. The largest absolute Gasteiger partial charge is 0.441 e. The molecule has 1 aliphatic carbocycles. The molecule has 1 heterocycles. The lowest BCUT2D eigenvalue weighted by Crippen LogP contribution is -2.26. The molecule has 0 spiro atoms. The first-order chi connectivity index (χ1) is 12.2. The number of carbonyl (C=O) groups is 1. The Labute approximate surface area is 149 Å². The Bertz CT molecular complexity index is 555. The van der Waals surface area contributed by atoms with Crippen LogP contribution in [-0.2, 0) is 14.2 Å². The van der Waals surface area contributed by atoms with Gasteiger partial charge < -0.3 is 19.9 Å². The Hall–Kier alpha value is -1.63. The number of methoxy groups -OCH3 is 1. The Morgan fingerprint density at radius 2 is 1.92 bits per heavy atom. The highest BCUT2D eigenvalue weighted by molar-refractivity contribution is 5.89. The molecular weight excluding hydrogens is 320 g/mol. The van der Waals surface area contributed by atoms with E-state index in [9.17, 15) is 4.79 Å². The SMILES string of the molecule is COCC1CN(c2ccc(C3CCC(OCCN)CC3)cc2)C(=O)O1.